The molecule has 0 saturated carbocycles. The number of urea groups is 1. The van der Waals surface area contributed by atoms with E-state index < -0.39 is 10.0 Å². The number of aromatic nitrogens is 2. The van der Waals surface area contributed by atoms with E-state index in [1.807, 2.05) is 0 Å². The minimum absolute atomic E-state index is 0.152. The molecule has 0 unspecified atom stereocenters. The Morgan fingerprint density at radius 1 is 1.19 bits per heavy atom. The minimum Gasteiger partial charge on any atom is -0.334 e. The summed E-state index contributed by atoms with van der Waals surface area (Å²) in [6.45, 7) is 1.62. The Labute approximate surface area is 157 Å². The second kappa shape index (κ2) is 8.05. The Bertz CT molecular complexity index is 898. The van der Waals surface area contributed by atoms with Crippen molar-refractivity contribution in [2.45, 2.75) is 17.9 Å². The number of hydrogen-bond donors (Lipinski definition) is 1. The maximum atomic E-state index is 12.9. The fraction of sp³-hybridized carbons (Fsp3) is 0.412. The number of halogens is 1. The van der Waals surface area contributed by atoms with Gasteiger partial charge in [-0.15, -0.1) is 0 Å². The number of nitrogens with zero attached hydrogens (tertiary/aromatic N) is 4. The first-order valence-electron chi connectivity index (χ1n) is 8.62. The van der Waals surface area contributed by atoms with Crippen LogP contribution in [-0.2, 0) is 23.6 Å². The predicted molar refractivity (Wildman–Crippen MR) is 96.8 cm³/mol. The van der Waals surface area contributed by atoms with E-state index in [0.29, 0.717) is 26.1 Å². The number of hydrogen-bond acceptors (Lipinski definition) is 4. The zero-order valence-corrected chi connectivity index (χ0v) is 15.8. The molecule has 146 valence electrons. The van der Waals surface area contributed by atoms with Crippen molar-refractivity contribution in [1.29, 1.82) is 0 Å². The van der Waals surface area contributed by atoms with Crippen molar-refractivity contribution in [2.24, 2.45) is 7.05 Å². The molecule has 0 spiro atoms. The van der Waals surface area contributed by atoms with Gasteiger partial charge in [-0.1, -0.05) is 12.1 Å². The Balaban J connectivity index is 1.57. The molecule has 1 aliphatic rings. The summed E-state index contributed by atoms with van der Waals surface area (Å²) >= 11 is 0. The third kappa shape index (κ3) is 4.64. The van der Waals surface area contributed by atoms with Crippen LogP contribution in [0.15, 0.2) is 41.6 Å². The number of benzene rings is 1. The number of carbonyl (C=O) groups is 1. The summed E-state index contributed by atoms with van der Waals surface area (Å²) in [6, 6.07) is 5.64. The van der Waals surface area contributed by atoms with Gasteiger partial charge in [-0.05, 0) is 24.1 Å². The molecule has 1 aromatic carbocycles. The molecule has 2 amide bonds. The van der Waals surface area contributed by atoms with Gasteiger partial charge in [0, 0.05) is 46.0 Å². The monoisotopic (exact) mass is 395 g/mol. The third-order valence-electron chi connectivity index (χ3n) is 4.42. The molecule has 3 rings (SSSR count). The summed E-state index contributed by atoms with van der Waals surface area (Å²) in [5.74, 6) is -0.326. The molecule has 1 aromatic heterocycles. The molecule has 27 heavy (non-hydrogen) atoms. The van der Waals surface area contributed by atoms with Crippen molar-refractivity contribution >= 4 is 16.1 Å². The topological polar surface area (TPSA) is 87.5 Å². The second-order valence-electron chi connectivity index (χ2n) is 6.38. The van der Waals surface area contributed by atoms with E-state index in [1.54, 1.807) is 24.1 Å². The lowest BCUT2D eigenvalue weighted by Crippen LogP contribution is -2.42. The summed E-state index contributed by atoms with van der Waals surface area (Å²) in [5.41, 5.74) is 0.792. The van der Waals surface area contributed by atoms with Crippen LogP contribution in [-0.4, -0.2) is 59.6 Å². The molecule has 1 fully saturated rings. The van der Waals surface area contributed by atoms with E-state index in [9.17, 15) is 17.6 Å². The molecule has 0 aliphatic carbocycles. The highest BCUT2D eigenvalue weighted by Crippen LogP contribution is 2.17. The molecule has 0 bridgehead atoms. The first-order chi connectivity index (χ1) is 12.9. The second-order valence-corrected chi connectivity index (χ2v) is 8.32. The lowest BCUT2D eigenvalue weighted by molar-refractivity contribution is 0.200. The smallest absolute Gasteiger partial charge is 0.317 e. The number of sulfonamides is 1. The van der Waals surface area contributed by atoms with Gasteiger partial charge in [-0.2, -0.15) is 9.40 Å². The highest BCUT2D eigenvalue weighted by Gasteiger charge is 2.29. The number of carbonyl (C=O) groups excluding carboxylic acids is 1. The Kier molecular flexibility index (Phi) is 5.76. The molecule has 2 aromatic rings. The highest BCUT2D eigenvalue weighted by atomic mass is 32.2. The first kappa shape index (κ1) is 19.3. The SMILES string of the molecule is Cn1cc(S(=O)(=O)N2CCCN(C(=O)NCc3ccc(F)cc3)CC2)cn1. The molecule has 1 saturated heterocycles. The molecule has 8 nitrogen and oxygen atoms in total. The maximum absolute atomic E-state index is 12.9. The molecule has 10 heteroatoms. The molecule has 1 aliphatic heterocycles. The van der Waals surface area contributed by atoms with Gasteiger partial charge in [0.25, 0.3) is 0 Å². The minimum atomic E-state index is -3.62. The number of nitrogens with one attached hydrogen (secondary N) is 1. The van der Waals surface area contributed by atoms with E-state index in [1.165, 1.54) is 33.5 Å². The highest BCUT2D eigenvalue weighted by molar-refractivity contribution is 7.89. The molecule has 0 atom stereocenters. The summed E-state index contributed by atoms with van der Waals surface area (Å²) in [4.78, 5) is 14.1. The van der Waals surface area contributed by atoms with Crippen molar-refractivity contribution in [3.8, 4) is 0 Å². The van der Waals surface area contributed by atoms with Gasteiger partial charge in [-0.3, -0.25) is 4.68 Å². The average molecular weight is 395 g/mol. The predicted octanol–water partition coefficient (Wildman–Crippen LogP) is 1.17. The standard InChI is InChI=1S/C17H22FN5O3S/c1-21-13-16(12-20-21)27(25,26)23-8-2-7-22(9-10-23)17(24)19-11-14-3-5-15(18)6-4-14/h3-6,12-13H,2,7-11H2,1H3,(H,19,24). The largest absolute Gasteiger partial charge is 0.334 e. The van der Waals surface area contributed by atoms with Crippen LogP contribution < -0.4 is 5.32 Å². The van der Waals surface area contributed by atoms with Crippen LogP contribution in [0.4, 0.5) is 9.18 Å². The van der Waals surface area contributed by atoms with Gasteiger partial charge in [0.05, 0.1) is 6.20 Å². The van der Waals surface area contributed by atoms with Gasteiger partial charge >= 0.3 is 6.03 Å². The summed E-state index contributed by atoms with van der Waals surface area (Å²) in [5, 5.41) is 6.70. The average Bonchev–Trinajstić information content (AvgIpc) is 2.93. The lowest BCUT2D eigenvalue weighted by Gasteiger charge is -2.22. The quantitative estimate of drug-likeness (QED) is 0.842. The molecular weight excluding hydrogens is 373 g/mol. The van der Waals surface area contributed by atoms with Gasteiger partial charge in [0.15, 0.2) is 0 Å². The van der Waals surface area contributed by atoms with E-state index in [-0.39, 0.29) is 29.8 Å². The summed E-state index contributed by atoms with van der Waals surface area (Å²) in [7, 11) is -1.96. The number of rotatable bonds is 4. The van der Waals surface area contributed by atoms with Gasteiger partial charge in [-0.25, -0.2) is 17.6 Å². The Hall–Kier alpha value is -2.46. The fourth-order valence-corrected chi connectivity index (χ4v) is 4.37. The van der Waals surface area contributed by atoms with Crippen LogP contribution in [0.5, 0.6) is 0 Å². The molecule has 1 N–H and O–H groups in total. The van der Waals surface area contributed by atoms with Gasteiger partial charge < -0.3 is 10.2 Å². The zero-order valence-electron chi connectivity index (χ0n) is 15.0. The normalized spacial score (nSPS) is 16.1. The van der Waals surface area contributed by atoms with Crippen molar-refractivity contribution in [2.75, 3.05) is 26.2 Å². The van der Waals surface area contributed by atoms with Crippen LogP contribution in [0.3, 0.4) is 0 Å². The van der Waals surface area contributed by atoms with Crippen LogP contribution >= 0.6 is 0 Å². The number of amides is 2. The third-order valence-corrected chi connectivity index (χ3v) is 6.27. The fourth-order valence-electron chi connectivity index (χ4n) is 2.91. The van der Waals surface area contributed by atoms with E-state index in [0.717, 1.165) is 5.56 Å². The first-order valence-corrected chi connectivity index (χ1v) is 10.1. The number of aryl methyl sites for hydroxylation is 1. The van der Waals surface area contributed by atoms with Crippen molar-refractivity contribution in [3.05, 3.63) is 48.0 Å². The van der Waals surface area contributed by atoms with Gasteiger partial charge in [0.1, 0.15) is 10.7 Å². The summed E-state index contributed by atoms with van der Waals surface area (Å²) in [6.07, 6.45) is 3.34. The van der Waals surface area contributed by atoms with Crippen molar-refractivity contribution < 1.29 is 17.6 Å². The molecule has 0 radical (unpaired) electrons. The van der Waals surface area contributed by atoms with Crippen LogP contribution in [0.2, 0.25) is 0 Å². The van der Waals surface area contributed by atoms with Crippen LogP contribution in [0.1, 0.15) is 12.0 Å². The lowest BCUT2D eigenvalue weighted by atomic mass is 10.2. The summed E-state index contributed by atoms with van der Waals surface area (Å²) < 4.78 is 41.1. The Morgan fingerprint density at radius 2 is 1.93 bits per heavy atom. The molecule has 2 heterocycles. The molecular formula is C17H22FN5O3S. The van der Waals surface area contributed by atoms with E-state index in [4.69, 9.17) is 0 Å². The zero-order chi connectivity index (χ0) is 19.4. The Morgan fingerprint density at radius 3 is 2.59 bits per heavy atom. The van der Waals surface area contributed by atoms with Gasteiger partial charge in [0.2, 0.25) is 10.0 Å². The van der Waals surface area contributed by atoms with E-state index >= 15 is 0 Å². The van der Waals surface area contributed by atoms with Crippen molar-refractivity contribution in [1.82, 2.24) is 24.3 Å². The maximum Gasteiger partial charge on any atom is 0.317 e. The van der Waals surface area contributed by atoms with Crippen LogP contribution in [0, 0.1) is 5.82 Å². The van der Waals surface area contributed by atoms with Crippen LogP contribution in [0.25, 0.3) is 0 Å². The van der Waals surface area contributed by atoms with E-state index in [2.05, 4.69) is 10.4 Å². The van der Waals surface area contributed by atoms with Crippen molar-refractivity contribution in [3.63, 3.8) is 0 Å².